The van der Waals surface area contributed by atoms with Crippen molar-refractivity contribution in [3.8, 4) is 0 Å². The SMILES string of the molecule is Cc1nc2c([nH]1)CC(C(=O)NC1CCN(Cc3ccccc3)CC1)CC2. The van der Waals surface area contributed by atoms with Gasteiger partial charge < -0.3 is 10.3 Å². The van der Waals surface area contributed by atoms with E-state index in [4.69, 9.17) is 0 Å². The van der Waals surface area contributed by atoms with E-state index in [0.717, 1.165) is 69.0 Å². The first-order valence-electron chi connectivity index (χ1n) is 9.78. The first-order chi connectivity index (χ1) is 12.7. The Bertz CT molecular complexity index is 747. The van der Waals surface area contributed by atoms with E-state index in [9.17, 15) is 4.79 Å². The maximum absolute atomic E-state index is 12.7. The standard InChI is InChI=1S/C21H28N4O/c1-15-22-19-8-7-17(13-20(19)23-15)21(26)24-18-9-11-25(12-10-18)14-16-5-3-2-4-6-16/h2-6,17-18H,7-14H2,1H3,(H,22,23)(H,24,26). The highest BCUT2D eigenvalue weighted by atomic mass is 16.1. The molecule has 1 atom stereocenters. The minimum absolute atomic E-state index is 0.0877. The molecule has 5 nitrogen and oxygen atoms in total. The smallest absolute Gasteiger partial charge is 0.223 e. The number of aryl methyl sites for hydroxylation is 2. The van der Waals surface area contributed by atoms with Gasteiger partial charge in [0, 0.05) is 43.7 Å². The zero-order chi connectivity index (χ0) is 17.9. The summed E-state index contributed by atoms with van der Waals surface area (Å²) in [7, 11) is 0. The van der Waals surface area contributed by atoms with E-state index >= 15 is 0 Å². The van der Waals surface area contributed by atoms with Crippen molar-refractivity contribution >= 4 is 5.91 Å². The number of rotatable bonds is 4. The highest BCUT2D eigenvalue weighted by molar-refractivity contribution is 5.79. The fraction of sp³-hybridized carbons (Fsp3) is 0.524. The second-order valence-corrected chi connectivity index (χ2v) is 7.73. The summed E-state index contributed by atoms with van der Waals surface area (Å²) in [6, 6.07) is 10.9. The number of H-pyrrole nitrogens is 1. The lowest BCUT2D eigenvalue weighted by Gasteiger charge is -2.33. The van der Waals surface area contributed by atoms with Crippen molar-refractivity contribution < 1.29 is 4.79 Å². The summed E-state index contributed by atoms with van der Waals surface area (Å²) in [5.41, 5.74) is 3.68. The molecule has 1 aromatic heterocycles. The highest BCUT2D eigenvalue weighted by Crippen LogP contribution is 2.24. The van der Waals surface area contributed by atoms with Gasteiger partial charge in [0.2, 0.25) is 5.91 Å². The molecule has 0 bridgehead atoms. The van der Waals surface area contributed by atoms with Crippen LogP contribution in [0, 0.1) is 12.8 Å². The molecule has 1 unspecified atom stereocenters. The van der Waals surface area contributed by atoms with Gasteiger partial charge in [0.15, 0.2) is 0 Å². The van der Waals surface area contributed by atoms with E-state index in [0.29, 0.717) is 6.04 Å². The zero-order valence-corrected chi connectivity index (χ0v) is 15.5. The van der Waals surface area contributed by atoms with Crippen molar-refractivity contribution in [2.45, 2.75) is 51.6 Å². The van der Waals surface area contributed by atoms with Crippen molar-refractivity contribution in [3.63, 3.8) is 0 Å². The first kappa shape index (κ1) is 17.3. The van der Waals surface area contributed by atoms with Crippen molar-refractivity contribution in [3.05, 3.63) is 53.1 Å². The largest absolute Gasteiger partial charge is 0.353 e. The number of hydrogen-bond acceptors (Lipinski definition) is 3. The molecule has 5 heteroatoms. The number of aromatic amines is 1. The van der Waals surface area contributed by atoms with Crippen LogP contribution in [0.1, 0.15) is 42.0 Å². The molecular weight excluding hydrogens is 324 g/mol. The fourth-order valence-electron chi connectivity index (χ4n) is 4.24. The van der Waals surface area contributed by atoms with Crippen LogP contribution in [0.3, 0.4) is 0 Å². The molecule has 2 N–H and O–H groups in total. The first-order valence-corrected chi connectivity index (χ1v) is 9.78. The Morgan fingerprint density at radius 1 is 1.23 bits per heavy atom. The molecule has 2 heterocycles. The fourth-order valence-corrected chi connectivity index (χ4v) is 4.24. The number of piperidine rings is 1. The normalized spacial score (nSPS) is 21.3. The molecule has 1 fully saturated rings. The van der Waals surface area contributed by atoms with E-state index < -0.39 is 0 Å². The number of amides is 1. The van der Waals surface area contributed by atoms with Crippen molar-refractivity contribution in [1.29, 1.82) is 0 Å². The van der Waals surface area contributed by atoms with Crippen LogP contribution in [0.4, 0.5) is 0 Å². The number of nitrogens with one attached hydrogen (secondary N) is 2. The molecule has 1 aliphatic carbocycles. The molecule has 26 heavy (non-hydrogen) atoms. The van der Waals surface area contributed by atoms with Gasteiger partial charge in [0.05, 0.1) is 5.69 Å². The Morgan fingerprint density at radius 2 is 2.00 bits per heavy atom. The molecule has 4 rings (SSSR count). The van der Waals surface area contributed by atoms with E-state index in [2.05, 4.69) is 50.5 Å². The van der Waals surface area contributed by atoms with Gasteiger partial charge in [-0.3, -0.25) is 9.69 Å². The second kappa shape index (κ2) is 7.62. The number of benzene rings is 1. The van der Waals surface area contributed by atoms with Crippen molar-refractivity contribution in [2.75, 3.05) is 13.1 Å². The Morgan fingerprint density at radius 3 is 2.77 bits per heavy atom. The van der Waals surface area contributed by atoms with Crippen LogP contribution in [0.25, 0.3) is 0 Å². The summed E-state index contributed by atoms with van der Waals surface area (Å²) >= 11 is 0. The number of carbonyl (C=O) groups is 1. The van der Waals surface area contributed by atoms with Gasteiger partial charge in [0.1, 0.15) is 5.82 Å². The number of imidazole rings is 1. The van der Waals surface area contributed by atoms with Crippen LogP contribution in [-0.4, -0.2) is 39.9 Å². The molecular formula is C21H28N4O. The van der Waals surface area contributed by atoms with Crippen LogP contribution in [0.2, 0.25) is 0 Å². The topological polar surface area (TPSA) is 61.0 Å². The minimum atomic E-state index is 0.0877. The summed E-state index contributed by atoms with van der Waals surface area (Å²) in [6.07, 6.45) is 4.71. The van der Waals surface area contributed by atoms with Crippen LogP contribution in [0.5, 0.6) is 0 Å². The van der Waals surface area contributed by atoms with Gasteiger partial charge >= 0.3 is 0 Å². The van der Waals surface area contributed by atoms with Gasteiger partial charge in [-0.15, -0.1) is 0 Å². The third-order valence-electron chi connectivity index (χ3n) is 5.72. The molecule has 1 saturated heterocycles. The quantitative estimate of drug-likeness (QED) is 0.889. The average Bonchev–Trinajstić information content (AvgIpc) is 3.03. The number of hydrogen-bond donors (Lipinski definition) is 2. The van der Waals surface area contributed by atoms with Gasteiger partial charge in [-0.1, -0.05) is 30.3 Å². The number of aromatic nitrogens is 2. The highest BCUT2D eigenvalue weighted by Gasteiger charge is 2.29. The summed E-state index contributed by atoms with van der Waals surface area (Å²) in [5.74, 6) is 1.27. The molecule has 138 valence electrons. The summed E-state index contributed by atoms with van der Waals surface area (Å²) in [6.45, 7) is 5.09. The predicted molar refractivity (Wildman–Crippen MR) is 102 cm³/mol. The van der Waals surface area contributed by atoms with Gasteiger partial charge in [0.25, 0.3) is 0 Å². The van der Waals surface area contributed by atoms with E-state index in [-0.39, 0.29) is 11.8 Å². The Labute approximate surface area is 155 Å². The monoisotopic (exact) mass is 352 g/mol. The lowest BCUT2D eigenvalue weighted by Crippen LogP contribution is -2.46. The minimum Gasteiger partial charge on any atom is -0.353 e. The van der Waals surface area contributed by atoms with Crippen LogP contribution < -0.4 is 5.32 Å². The van der Waals surface area contributed by atoms with E-state index in [1.165, 1.54) is 5.56 Å². The zero-order valence-electron chi connectivity index (χ0n) is 15.5. The van der Waals surface area contributed by atoms with Crippen LogP contribution >= 0.6 is 0 Å². The Hall–Kier alpha value is -2.14. The molecule has 1 aliphatic heterocycles. The lowest BCUT2D eigenvalue weighted by molar-refractivity contribution is -0.126. The summed E-state index contributed by atoms with van der Waals surface area (Å²) < 4.78 is 0. The van der Waals surface area contributed by atoms with E-state index in [1.54, 1.807) is 0 Å². The third kappa shape index (κ3) is 3.98. The summed E-state index contributed by atoms with van der Waals surface area (Å²) in [5, 5.41) is 3.31. The van der Waals surface area contributed by atoms with Crippen molar-refractivity contribution in [2.24, 2.45) is 5.92 Å². The number of likely N-dealkylation sites (tertiary alicyclic amines) is 1. The van der Waals surface area contributed by atoms with Gasteiger partial charge in [-0.25, -0.2) is 4.98 Å². The van der Waals surface area contributed by atoms with Gasteiger partial charge in [-0.2, -0.15) is 0 Å². The maximum atomic E-state index is 12.7. The molecule has 2 aromatic rings. The van der Waals surface area contributed by atoms with Crippen LogP contribution in [0.15, 0.2) is 30.3 Å². The number of carbonyl (C=O) groups excluding carboxylic acids is 1. The van der Waals surface area contributed by atoms with Crippen molar-refractivity contribution in [1.82, 2.24) is 20.2 Å². The molecule has 1 amide bonds. The number of nitrogens with zero attached hydrogens (tertiary/aromatic N) is 2. The van der Waals surface area contributed by atoms with E-state index in [1.807, 2.05) is 6.92 Å². The molecule has 0 radical (unpaired) electrons. The Kier molecular flexibility index (Phi) is 5.07. The van der Waals surface area contributed by atoms with Gasteiger partial charge in [-0.05, 0) is 38.2 Å². The van der Waals surface area contributed by atoms with Crippen LogP contribution in [-0.2, 0) is 24.2 Å². The predicted octanol–water partition coefficient (Wildman–Crippen LogP) is 2.60. The Balaban J connectivity index is 1.25. The third-order valence-corrected chi connectivity index (χ3v) is 5.72. The number of fused-ring (bicyclic) bond motifs is 1. The second-order valence-electron chi connectivity index (χ2n) is 7.73. The molecule has 2 aliphatic rings. The molecule has 0 saturated carbocycles. The maximum Gasteiger partial charge on any atom is 0.223 e. The lowest BCUT2D eigenvalue weighted by atomic mass is 9.88. The average molecular weight is 352 g/mol. The molecule has 0 spiro atoms. The summed E-state index contributed by atoms with van der Waals surface area (Å²) in [4.78, 5) is 23.0. The molecule has 1 aromatic carbocycles.